The topological polar surface area (TPSA) is 32.3 Å². The first-order chi connectivity index (χ1) is 9.38. The number of piperidine rings is 1. The standard InChI is InChI=1S/C13H14F4N2O/c14-11-7-10(13(15,16)17)5-4-9(11)8-18-19-6-2-1-3-12(19)20/h4-5,7,18H,1-3,6,8H2. The van der Waals surface area contributed by atoms with Crippen LogP contribution in [0.25, 0.3) is 0 Å². The molecule has 110 valence electrons. The Bertz CT molecular complexity index is 502. The van der Waals surface area contributed by atoms with E-state index < -0.39 is 17.6 Å². The van der Waals surface area contributed by atoms with Crippen molar-refractivity contribution in [2.75, 3.05) is 6.54 Å². The molecule has 0 aromatic heterocycles. The molecule has 1 aliphatic rings. The molecule has 1 aliphatic heterocycles. The minimum atomic E-state index is -4.56. The molecule has 3 nitrogen and oxygen atoms in total. The van der Waals surface area contributed by atoms with Gasteiger partial charge in [-0.2, -0.15) is 13.2 Å². The quantitative estimate of drug-likeness (QED) is 0.868. The molecule has 0 bridgehead atoms. The van der Waals surface area contributed by atoms with E-state index in [0.29, 0.717) is 19.0 Å². The van der Waals surface area contributed by atoms with E-state index in [-0.39, 0.29) is 18.0 Å². The van der Waals surface area contributed by atoms with Gasteiger partial charge in [-0.05, 0) is 25.0 Å². The molecule has 0 saturated carbocycles. The Hall–Kier alpha value is -1.63. The molecule has 0 unspecified atom stereocenters. The Labute approximate surface area is 113 Å². The zero-order valence-electron chi connectivity index (χ0n) is 10.6. The molecule has 1 saturated heterocycles. The van der Waals surface area contributed by atoms with Crippen molar-refractivity contribution in [3.05, 3.63) is 35.1 Å². The lowest BCUT2D eigenvalue weighted by atomic mass is 10.1. The molecule has 0 radical (unpaired) electrons. The van der Waals surface area contributed by atoms with Crippen molar-refractivity contribution in [1.82, 2.24) is 10.4 Å². The first-order valence-corrected chi connectivity index (χ1v) is 6.27. The van der Waals surface area contributed by atoms with Crippen molar-refractivity contribution in [3.63, 3.8) is 0 Å². The van der Waals surface area contributed by atoms with Crippen molar-refractivity contribution < 1.29 is 22.4 Å². The summed E-state index contributed by atoms with van der Waals surface area (Å²) in [6.45, 7) is 0.511. The zero-order valence-corrected chi connectivity index (χ0v) is 10.6. The molecule has 0 atom stereocenters. The Morgan fingerprint density at radius 1 is 1.25 bits per heavy atom. The fourth-order valence-corrected chi connectivity index (χ4v) is 2.02. The highest BCUT2D eigenvalue weighted by molar-refractivity contribution is 5.76. The molecule has 1 N–H and O–H groups in total. The van der Waals surface area contributed by atoms with Crippen molar-refractivity contribution >= 4 is 5.91 Å². The number of carbonyl (C=O) groups is 1. The molecule has 1 heterocycles. The van der Waals surface area contributed by atoms with Crippen LogP contribution in [0, 0.1) is 5.82 Å². The lowest BCUT2D eigenvalue weighted by molar-refractivity contribution is -0.138. The van der Waals surface area contributed by atoms with Crippen molar-refractivity contribution in [1.29, 1.82) is 0 Å². The normalized spacial score (nSPS) is 16.6. The molecule has 20 heavy (non-hydrogen) atoms. The first-order valence-electron chi connectivity index (χ1n) is 6.27. The van der Waals surface area contributed by atoms with Gasteiger partial charge in [0.1, 0.15) is 5.82 Å². The number of halogens is 4. The third-order valence-corrected chi connectivity index (χ3v) is 3.16. The smallest absolute Gasteiger partial charge is 0.278 e. The largest absolute Gasteiger partial charge is 0.416 e. The van der Waals surface area contributed by atoms with Gasteiger partial charge in [0.2, 0.25) is 5.91 Å². The third kappa shape index (κ3) is 3.47. The van der Waals surface area contributed by atoms with Gasteiger partial charge in [0, 0.05) is 25.1 Å². The van der Waals surface area contributed by atoms with Crippen molar-refractivity contribution in [2.24, 2.45) is 0 Å². The van der Waals surface area contributed by atoms with E-state index >= 15 is 0 Å². The highest BCUT2D eigenvalue weighted by Crippen LogP contribution is 2.30. The number of rotatable bonds is 3. The van der Waals surface area contributed by atoms with Crippen LogP contribution in [0.1, 0.15) is 30.4 Å². The van der Waals surface area contributed by atoms with E-state index in [4.69, 9.17) is 0 Å². The summed E-state index contributed by atoms with van der Waals surface area (Å²) in [5.74, 6) is -1.01. The minimum absolute atomic E-state index is 0.0181. The van der Waals surface area contributed by atoms with Crippen molar-refractivity contribution in [3.8, 4) is 0 Å². The molecule has 1 aromatic carbocycles. The zero-order chi connectivity index (χ0) is 14.8. The number of alkyl halides is 3. The average molecular weight is 290 g/mol. The molecular weight excluding hydrogens is 276 g/mol. The molecule has 0 aliphatic carbocycles. The van der Waals surface area contributed by atoms with Crippen LogP contribution in [-0.4, -0.2) is 17.5 Å². The van der Waals surface area contributed by atoms with Crippen LogP contribution in [0.15, 0.2) is 18.2 Å². The Morgan fingerprint density at radius 3 is 2.60 bits per heavy atom. The molecule has 1 amide bonds. The highest BCUT2D eigenvalue weighted by Gasteiger charge is 2.31. The predicted molar refractivity (Wildman–Crippen MR) is 63.8 cm³/mol. The van der Waals surface area contributed by atoms with Gasteiger partial charge in [0.15, 0.2) is 0 Å². The van der Waals surface area contributed by atoms with E-state index in [1.54, 1.807) is 0 Å². The van der Waals surface area contributed by atoms with Gasteiger partial charge in [0.25, 0.3) is 0 Å². The monoisotopic (exact) mass is 290 g/mol. The van der Waals surface area contributed by atoms with Gasteiger partial charge in [-0.25, -0.2) is 9.82 Å². The summed E-state index contributed by atoms with van der Waals surface area (Å²) in [4.78, 5) is 11.5. The van der Waals surface area contributed by atoms with Gasteiger partial charge in [-0.3, -0.25) is 9.80 Å². The number of benzene rings is 1. The third-order valence-electron chi connectivity index (χ3n) is 3.16. The van der Waals surface area contributed by atoms with Gasteiger partial charge in [0.05, 0.1) is 5.56 Å². The van der Waals surface area contributed by atoms with Crippen LogP contribution in [0.2, 0.25) is 0 Å². The maximum Gasteiger partial charge on any atom is 0.416 e. The fourth-order valence-electron chi connectivity index (χ4n) is 2.02. The molecule has 2 rings (SSSR count). The van der Waals surface area contributed by atoms with Gasteiger partial charge < -0.3 is 0 Å². The molecule has 7 heteroatoms. The molecule has 0 spiro atoms. The van der Waals surface area contributed by atoms with E-state index in [0.717, 1.165) is 25.0 Å². The predicted octanol–water partition coefficient (Wildman–Crippen LogP) is 2.86. The van der Waals surface area contributed by atoms with E-state index in [1.165, 1.54) is 5.01 Å². The SMILES string of the molecule is O=C1CCCCN1NCc1ccc(C(F)(F)F)cc1F. The maximum atomic E-state index is 13.6. The summed E-state index contributed by atoms with van der Waals surface area (Å²) >= 11 is 0. The lowest BCUT2D eigenvalue weighted by Crippen LogP contribution is -2.45. The number of carbonyl (C=O) groups excluding carboxylic acids is 1. The average Bonchev–Trinajstić information content (AvgIpc) is 2.38. The number of hydrogen-bond acceptors (Lipinski definition) is 2. The van der Waals surface area contributed by atoms with Gasteiger partial charge in [-0.15, -0.1) is 0 Å². The highest BCUT2D eigenvalue weighted by atomic mass is 19.4. The van der Waals surface area contributed by atoms with Crippen LogP contribution in [-0.2, 0) is 17.5 Å². The number of amides is 1. The second-order valence-electron chi connectivity index (χ2n) is 4.64. The summed E-state index contributed by atoms with van der Waals surface area (Å²) in [6.07, 6.45) is -2.45. The van der Waals surface area contributed by atoms with Gasteiger partial charge >= 0.3 is 6.18 Å². The van der Waals surface area contributed by atoms with Crippen LogP contribution < -0.4 is 5.43 Å². The van der Waals surface area contributed by atoms with E-state index in [2.05, 4.69) is 5.43 Å². The summed E-state index contributed by atoms with van der Waals surface area (Å²) in [5.41, 5.74) is 1.82. The molecule has 1 aromatic rings. The second-order valence-corrected chi connectivity index (χ2v) is 4.64. The Balaban J connectivity index is 2.01. The Kier molecular flexibility index (Phi) is 4.27. The molecular formula is C13H14F4N2O. The van der Waals surface area contributed by atoms with E-state index in [9.17, 15) is 22.4 Å². The number of hydrazine groups is 1. The minimum Gasteiger partial charge on any atom is -0.278 e. The summed E-state index contributed by atoms with van der Waals surface area (Å²) < 4.78 is 50.8. The van der Waals surface area contributed by atoms with Gasteiger partial charge in [-0.1, -0.05) is 6.07 Å². The number of hydrogen-bond donors (Lipinski definition) is 1. The molecule has 1 fully saturated rings. The van der Waals surface area contributed by atoms with Crippen LogP contribution in [0.5, 0.6) is 0 Å². The fraction of sp³-hybridized carbons (Fsp3) is 0.462. The van der Waals surface area contributed by atoms with Crippen LogP contribution in [0.4, 0.5) is 17.6 Å². The van der Waals surface area contributed by atoms with Crippen LogP contribution in [0.3, 0.4) is 0 Å². The number of nitrogens with one attached hydrogen (secondary N) is 1. The maximum absolute atomic E-state index is 13.6. The summed E-state index contributed by atoms with van der Waals surface area (Å²) in [5, 5.41) is 1.39. The Morgan fingerprint density at radius 2 is 2.00 bits per heavy atom. The first kappa shape index (κ1) is 14.8. The van der Waals surface area contributed by atoms with E-state index in [1.807, 2.05) is 0 Å². The lowest BCUT2D eigenvalue weighted by Gasteiger charge is -2.27. The number of nitrogens with zero attached hydrogens (tertiary/aromatic N) is 1. The second kappa shape index (κ2) is 5.78. The summed E-state index contributed by atoms with van der Waals surface area (Å²) in [7, 11) is 0. The van der Waals surface area contributed by atoms with Crippen LogP contribution >= 0.6 is 0 Å². The summed E-state index contributed by atoms with van der Waals surface area (Å²) in [6, 6.07) is 2.38. The van der Waals surface area contributed by atoms with Crippen molar-refractivity contribution in [2.45, 2.75) is 32.0 Å².